The lowest BCUT2D eigenvalue weighted by Crippen LogP contribution is -2.19. The molecule has 0 aromatic heterocycles. The summed E-state index contributed by atoms with van der Waals surface area (Å²) in [6, 6.07) is 4.89. The zero-order valence-corrected chi connectivity index (χ0v) is 10.6. The topological polar surface area (TPSA) is 41.9 Å². The van der Waals surface area contributed by atoms with E-state index in [2.05, 4.69) is 5.10 Å². The number of hydrazone groups is 1. The Balaban J connectivity index is 2.30. The molecule has 0 radical (unpaired) electrons. The molecule has 0 atom stereocenters. The van der Waals surface area contributed by atoms with Crippen molar-refractivity contribution < 1.29 is 9.53 Å². The summed E-state index contributed by atoms with van der Waals surface area (Å²) in [7, 11) is 1.56. The summed E-state index contributed by atoms with van der Waals surface area (Å²) in [6.07, 6.45) is 0.262. The molecule has 0 bridgehead atoms. The van der Waals surface area contributed by atoms with Crippen molar-refractivity contribution in [3.63, 3.8) is 0 Å². The van der Waals surface area contributed by atoms with E-state index in [0.717, 1.165) is 0 Å². The summed E-state index contributed by atoms with van der Waals surface area (Å²) in [6.45, 7) is 0.344. The lowest BCUT2D eigenvalue weighted by molar-refractivity contribution is -0.116. The molecule has 1 aliphatic rings. The average molecular weight is 273 g/mol. The Kier molecular flexibility index (Phi) is 3.66. The van der Waals surface area contributed by atoms with Crippen LogP contribution < -0.4 is 5.01 Å². The monoisotopic (exact) mass is 272 g/mol. The summed E-state index contributed by atoms with van der Waals surface area (Å²) in [5.74, 6) is -0.115. The van der Waals surface area contributed by atoms with Gasteiger partial charge < -0.3 is 4.74 Å². The van der Waals surface area contributed by atoms with E-state index in [0.29, 0.717) is 28.1 Å². The van der Waals surface area contributed by atoms with Gasteiger partial charge in [-0.2, -0.15) is 5.10 Å². The van der Waals surface area contributed by atoms with Gasteiger partial charge in [0.05, 0.1) is 24.4 Å². The molecular formula is C11H10Cl2N2O2. The molecule has 1 aromatic rings. The second-order valence-electron chi connectivity index (χ2n) is 3.61. The van der Waals surface area contributed by atoms with Gasteiger partial charge in [-0.25, -0.2) is 5.01 Å². The minimum absolute atomic E-state index is 0.115. The smallest absolute Gasteiger partial charge is 0.253 e. The summed E-state index contributed by atoms with van der Waals surface area (Å²) in [5.41, 5.74) is 1.26. The zero-order chi connectivity index (χ0) is 12.4. The maximum atomic E-state index is 11.8. The van der Waals surface area contributed by atoms with Crippen molar-refractivity contribution in [3.05, 3.63) is 28.2 Å². The third-order valence-electron chi connectivity index (χ3n) is 2.24. The van der Waals surface area contributed by atoms with E-state index in [1.165, 1.54) is 5.01 Å². The van der Waals surface area contributed by atoms with Crippen molar-refractivity contribution >= 4 is 40.5 Å². The summed E-state index contributed by atoms with van der Waals surface area (Å²) in [5, 5.41) is 6.40. The van der Waals surface area contributed by atoms with Crippen LogP contribution in [0.1, 0.15) is 6.42 Å². The van der Waals surface area contributed by atoms with Crippen LogP contribution in [0.15, 0.2) is 23.3 Å². The van der Waals surface area contributed by atoms with Gasteiger partial charge in [0.1, 0.15) is 0 Å². The number of ether oxygens (including phenoxy) is 1. The summed E-state index contributed by atoms with van der Waals surface area (Å²) in [4.78, 5) is 11.8. The summed E-state index contributed by atoms with van der Waals surface area (Å²) < 4.78 is 4.94. The Bertz CT molecular complexity index is 468. The molecule has 17 heavy (non-hydrogen) atoms. The van der Waals surface area contributed by atoms with Crippen LogP contribution in [0.25, 0.3) is 0 Å². The van der Waals surface area contributed by atoms with Gasteiger partial charge >= 0.3 is 0 Å². The molecule has 1 heterocycles. The van der Waals surface area contributed by atoms with Gasteiger partial charge in [0.25, 0.3) is 5.91 Å². The predicted octanol–water partition coefficient (Wildman–Crippen LogP) is 2.73. The molecule has 2 rings (SSSR count). The van der Waals surface area contributed by atoms with Crippen molar-refractivity contribution in [1.29, 1.82) is 0 Å². The second-order valence-corrected chi connectivity index (χ2v) is 4.48. The average Bonchev–Trinajstić information content (AvgIpc) is 2.58. The maximum Gasteiger partial charge on any atom is 0.253 e. The fourth-order valence-corrected chi connectivity index (χ4v) is 2.11. The van der Waals surface area contributed by atoms with Crippen LogP contribution >= 0.6 is 23.2 Å². The Labute approximate surface area is 109 Å². The molecule has 90 valence electrons. The quantitative estimate of drug-likeness (QED) is 0.849. The first kappa shape index (κ1) is 12.4. The number of amides is 1. The van der Waals surface area contributed by atoms with Gasteiger partial charge in [0, 0.05) is 17.2 Å². The van der Waals surface area contributed by atoms with Gasteiger partial charge in [-0.1, -0.05) is 23.2 Å². The highest BCUT2D eigenvalue weighted by Crippen LogP contribution is 2.28. The number of carbonyl (C=O) groups is 1. The third-order valence-corrected chi connectivity index (χ3v) is 2.67. The highest BCUT2D eigenvalue weighted by Gasteiger charge is 2.25. The van der Waals surface area contributed by atoms with Gasteiger partial charge in [-0.05, 0) is 18.2 Å². The van der Waals surface area contributed by atoms with Crippen LogP contribution in [-0.4, -0.2) is 25.3 Å². The van der Waals surface area contributed by atoms with Crippen molar-refractivity contribution in [1.82, 2.24) is 0 Å². The third kappa shape index (κ3) is 2.77. The normalized spacial score (nSPS) is 15.4. The number of halogens is 2. The molecule has 0 saturated carbocycles. The molecule has 0 aliphatic carbocycles. The lowest BCUT2D eigenvalue weighted by atomic mass is 10.2. The van der Waals surface area contributed by atoms with E-state index in [9.17, 15) is 4.79 Å². The van der Waals surface area contributed by atoms with Crippen LogP contribution in [0.5, 0.6) is 0 Å². The Morgan fingerprint density at radius 3 is 2.59 bits per heavy atom. The summed E-state index contributed by atoms with van der Waals surface area (Å²) >= 11 is 11.8. The molecule has 1 amide bonds. The van der Waals surface area contributed by atoms with Crippen LogP contribution in [0.3, 0.4) is 0 Å². The van der Waals surface area contributed by atoms with Crippen molar-refractivity contribution in [2.24, 2.45) is 5.10 Å². The lowest BCUT2D eigenvalue weighted by Gasteiger charge is -2.12. The first-order valence-electron chi connectivity index (χ1n) is 4.94. The molecule has 4 nitrogen and oxygen atoms in total. The highest BCUT2D eigenvalue weighted by atomic mass is 35.5. The van der Waals surface area contributed by atoms with Gasteiger partial charge in [0.2, 0.25) is 0 Å². The molecule has 1 aliphatic heterocycles. The molecule has 1 aromatic carbocycles. The number of nitrogens with zero attached hydrogens (tertiary/aromatic N) is 2. The second kappa shape index (κ2) is 5.04. The number of hydrogen-bond donors (Lipinski definition) is 0. The highest BCUT2D eigenvalue weighted by molar-refractivity contribution is 6.35. The molecular weight excluding hydrogens is 263 g/mol. The fourth-order valence-electron chi connectivity index (χ4n) is 1.59. The number of carbonyl (C=O) groups excluding carboxylic acids is 1. The van der Waals surface area contributed by atoms with E-state index in [1.807, 2.05) is 0 Å². The molecule has 0 saturated heterocycles. The van der Waals surface area contributed by atoms with Gasteiger partial charge in [-0.3, -0.25) is 4.79 Å². The molecule has 6 heteroatoms. The SMILES string of the molecule is COCC1=NN(c2cc(Cl)cc(Cl)c2)C(=O)C1. The van der Waals surface area contributed by atoms with Crippen molar-refractivity contribution in [3.8, 4) is 0 Å². The Morgan fingerprint density at radius 2 is 2.00 bits per heavy atom. The fraction of sp³-hybridized carbons (Fsp3) is 0.273. The van der Waals surface area contributed by atoms with Crippen LogP contribution in [0.2, 0.25) is 10.0 Å². The standard InChI is InChI=1S/C11H10Cl2N2O2/c1-17-6-9-5-11(16)15(14-9)10-3-7(12)2-8(13)4-10/h2-4H,5-6H2,1H3. The minimum Gasteiger partial charge on any atom is -0.379 e. The predicted molar refractivity (Wildman–Crippen MR) is 67.9 cm³/mol. The van der Waals surface area contributed by atoms with Crippen LogP contribution in [-0.2, 0) is 9.53 Å². The Morgan fingerprint density at radius 1 is 1.35 bits per heavy atom. The largest absolute Gasteiger partial charge is 0.379 e. The number of hydrogen-bond acceptors (Lipinski definition) is 3. The van der Waals surface area contributed by atoms with E-state index in [4.69, 9.17) is 27.9 Å². The van der Waals surface area contributed by atoms with Crippen LogP contribution in [0.4, 0.5) is 5.69 Å². The molecule has 0 unspecified atom stereocenters. The van der Waals surface area contributed by atoms with E-state index < -0.39 is 0 Å². The maximum absolute atomic E-state index is 11.8. The van der Waals surface area contributed by atoms with E-state index >= 15 is 0 Å². The first-order valence-corrected chi connectivity index (χ1v) is 5.70. The molecule has 0 N–H and O–H groups in total. The number of benzene rings is 1. The minimum atomic E-state index is -0.115. The van der Waals surface area contributed by atoms with E-state index in [1.54, 1.807) is 25.3 Å². The molecule has 0 spiro atoms. The van der Waals surface area contributed by atoms with Gasteiger partial charge in [0.15, 0.2) is 0 Å². The number of rotatable bonds is 3. The van der Waals surface area contributed by atoms with Crippen molar-refractivity contribution in [2.45, 2.75) is 6.42 Å². The van der Waals surface area contributed by atoms with Crippen LogP contribution in [0, 0.1) is 0 Å². The molecule has 0 fully saturated rings. The zero-order valence-electron chi connectivity index (χ0n) is 9.11. The Hall–Kier alpha value is -1.10. The van der Waals surface area contributed by atoms with E-state index in [-0.39, 0.29) is 12.3 Å². The first-order chi connectivity index (χ1) is 8.10. The number of anilines is 1. The van der Waals surface area contributed by atoms with Gasteiger partial charge in [-0.15, -0.1) is 0 Å². The van der Waals surface area contributed by atoms with Crippen molar-refractivity contribution in [2.75, 3.05) is 18.7 Å². The number of methoxy groups -OCH3 is 1.